The number of cyclic esters (lactones) is 1. The molecule has 28 heavy (non-hydrogen) atoms. The van der Waals surface area contributed by atoms with Crippen LogP contribution in [-0.2, 0) is 22.4 Å². The Balaban J connectivity index is 1.89. The number of carboxylic acids is 1. The molecular formula is C20H18BrNO6. The first-order valence-corrected chi connectivity index (χ1v) is 9.40. The standard InChI is InChI=1S/C20H18BrNO6/c1-10-7-12-14(21)9-13(17(23)16(12)20(27)28-10)18(24)22-15(19(25)26)8-11-5-3-2-4-6-11/h2-6,9-10,15,23H,7-8H2,1H3,(H,22,24)(H,25,26)/t10-,15+/m1/s1. The first kappa shape index (κ1) is 19.9. The maximum Gasteiger partial charge on any atom is 0.342 e. The molecule has 7 nitrogen and oxygen atoms in total. The summed E-state index contributed by atoms with van der Waals surface area (Å²) >= 11 is 3.32. The van der Waals surface area contributed by atoms with Gasteiger partial charge in [-0.05, 0) is 24.1 Å². The van der Waals surface area contributed by atoms with E-state index >= 15 is 0 Å². The van der Waals surface area contributed by atoms with E-state index in [1.54, 1.807) is 37.3 Å². The van der Waals surface area contributed by atoms with Gasteiger partial charge in [0.05, 0.1) is 5.56 Å². The highest BCUT2D eigenvalue weighted by molar-refractivity contribution is 9.10. The van der Waals surface area contributed by atoms with Crippen LogP contribution in [0.4, 0.5) is 0 Å². The number of phenolic OH excluding ortho intramolecular Hbond substituents is 1. The summed E-state index contributed by atoms with van der Waals surface area (Å²) in [5.74, 6) is -3.24. The van der Waals surface area contributed by atoms with Gasteiger partial charge in [0.25, 0.3) is 5.91 Å². The average Bonchev–Trinajstić information content (AvgIpc) is 2.64. The van der Waals surface area contributed by atoms with Gasteiger partial charge in [-0.2, -0.15) is 0 Å². The van der Waals surface area contributed by atoms with Crippen LogP contribution in [0.25, 0.3) is 0 Å². The molecule has 0 spiro atoms. The Labute approximate surface area is 169 Å². The second-order valence-corrected chi connectivity index (χ2v) is 7.44. The van der Waals surface area contributed by atoms with Gasteiger partial charge in [-0.3, -0.25) is 4.79 Å². The number of nitrogens with one attached hydrogen (secondary N) is 1. The molecule has 3 N–H and O–H groups in total. The van der Waals surface area contributed by atoms with Gasteiger partial charge in [-0.25, -0.2) is 9.59 Å². The number of hydrogen-bond acceptors (Lipinski definition) is 5. The van der Waals surface area contributed by atoms with Crippen LogP contribution in [0.5, 0.6) is 5.75 Å². The van der Waals surface area contributed by atoms with Crippen LogP contribution in [0.2, 0.25) is 0 Å². The van der Waals surface area contributed by atoms with E-state index in [1.165, 1.54) is 6.07 Å². The molecule has 0 radical (unpaired) electrons. The number of amides is 1. The van der Waals surface area contributed by atoms with Gasteiger partial charge in [0, 0.05) is 17.3 Å². The van der Waals surface area contributed by atoms with Crippen molar-refractivity contribution >= 4 is 33.8 Å². The lowest BCUT2D eigenvalue weighted by atomic mass is 9.95. The fraction of sp³-hybridized carbons (Fsp3) is 0.250. The minimum Gasteiger partial charge on any atom is -0.506 e. The van der Waals surface area contributed by atoms with Crippen LogP contribution < -0.4 is 5.32 Å². The molecule has 1 amide bonds. The fourth-order valence-electron chi connectivity index (χ4n) is 3.13. The van der Waals surface area contributed by atoms with Crippen LogP contribution in [-0.4, -0.2) is 40.2 Å². The molecule has 0 unspecified atom stereocenters. The number of ether oxygens (including phenoxy) is 1. The average molecular weight is 448 g/mol. The van der Waals surface area contributed by atoms with Crippen LogP contribution in [0.15, 0.2) is 40.9 Å². The number of carboxylic acid groups (broad SMARTS) is 1. The Bertz CT molecular complexity index is 943. The topological polar surface area (TPSA) is 113 Å². The van der Waals surface area contributed by atoms with Crippen molar-refractivity contribution in [3.63, 3.8) is 0 Å². The van der Waals surface area contributed by atoms with Crippen molar-refractivity contribution in [2.45, 2.75) is 31.9 Å². The van der Waals surface area contributed by atoms with Gasteiger partial charge in [0.2, 0.25) is 0 Å². The zero-order chi connectivity index (χ0) is 20.4. The van der Waals surface area contributed by atoms with Crippen LogP contribution in [0.3, 0.4) is 0 Å². The number of rotatable bonds is 5. The molecule has 2 aromatic carbocycles. The van der Waals surface area contributed by atoms with E-state index < -0.39 is 29.6 Å². The number of halogens is 1. The molecule has 0 aliphatic carbocycles. The summed E-state index contributed by atoms with van der Waals surface area (Å²) in [5.41, 5.74) is 1.02. The zero-order valence-electron chi connectivity index (χ0n) is 14.9. The third kappa shape index (κ3) is 4.01. The Morgan fingerprint density at radius 1 is 1.32 bits per heavy atom. The van der Waals surface area contributed by atoms with Gasteiger partial charge in [0.15, 0.2) is 0 Å². The number of phenols is 1. The number of aromatic hydroxyl groups is 1. The Morgan fingerprint density at radius 2 is 2.00 bits per heavy atom. The van der Waals surface area contributed by atoms with Gasteiger partial charge >= 0.3 is 11.9 Å². The quantitative estimate of drug-likeness (QED) is 0.607. The lowest BCUT2D eigenvalue weighted by molar-refractivity contribution is -0.139. The molecular weight excluding hydrogens is 430 g/mol. The summed E-state index contributed by atoms with van der Waals surface area (Å²) in [4.78, 5) is 36.4. The molecule has 0 saturated heterocycles. The third-order valence-electron chi connectivity index (χ3n) is 4.49. The minimum atomic E-state index is -1.21. The van der Waals surface area contributed by atoms with Crippen molar-refractivity contribution in [1.82, 2.24) is 5.32 Å². The normalized spacial score (nSPS) is 16.6. The SMILES string of the molecule is C[C@@H]1Cc2c(Br)cc(C(=O)N[C@@H](Cc3ccccc3)C(=O)O)c(O)c2C(=O)O1. The van der Waals surface area contributed by atoms with Crippen molar-refractivity contribution in [1.29, 1.82) is 0 Å². The molecule has 1 aliphatic heterocycles. The van der Waals surface area contributed by atoms with Crippen LogP contribution in [0, 0.1) is 0 Å². The van der Waals surface area contributed by atoms with Crippen molar-refractivity contribution in [2.75, 3.05) is 0 Å². The molecule has 1 aliphatic rings. The molecule has 146 valence electrons. The molecule has 3 rings (SSSR count). The van der Waals surface area contributed by atoms with Crippen molar-refractivity contribution in [3.05, 3.63) is 63.1 Å². The molecule has 0 aromatic heterocycles. The molecule has 2 aromatic rings. The lowest BCUT2D eigenvalue weighted by Crippen LogP contribution is -2.42. The number of esters is 1. The van der Waals surface area contributed by atoms with E-state index in [0.29, 0.717) is 16.5 Å². The largest absolute Gasteiger partial charge is 0.506 e. The van der Waals surface area contributed by atoms with E-state index in [9.17, 15) is 24.6 Å². The van der Waals surface area contributed by atoms with E-state index in [4.69, 9.17) is 4.74 Å². The first-order valence-electron chi connectivity index (χ1n) is 8.60. The summed E-state index contributed by atoms with van der Waals surface area (Å²) < 4.78 is 5.61. The lowest BCUT2D eigenvalue weighted by Gasteiger charge is -2.24. The number of hydrogen-bond donors (Lipinski definition) is 3. The Hall–Kier alpha value is -2.87. The van der Waals surface area contributed by atoms with Crippen molar-refractivity contribution in [2.24, 2.45) is 0 Å². The van der Waals surface area contributed by atoms with E-state index in [2.05, 4.69) is 21.2 Å². The number of carbonyl (C=O) groups is 3. The van der Waals surface area contributed by atoms with Crippen molar-refractivity contribution in [3.8, 4) is 5.75 Å². The highest BCUT2D eigenvalue weighted by Crippen LogP contribution is 2.36. The highest BCUT2D eigenvalue weighted by Gasteiger charge is 2.32. The molecule has 8 heteroatoms. The number of fused-ring (bicyclic) bond motifs is 1. The summed E-state index contributed by atoms with van der Waals surface area (Å²) in [5, 5.41) is 22.4. The summed E-state index contributed by atoms with van der Waals surface area (Å²) in [6.07, 6.45) is 0.120. The van der Waals surface area contributed by atoms with Crippen LogP contribution >= 0.6 is 15.9 Å². The monoisotopic (exact) mass is 447 g/mol. The summed E-state index contributed by atoms with van der Waals surface area (Å²) in [6.45, 7) is 1.73. The van der Waals surface area contributed by atoms with E-state index in [-0.39, 0.29) is 23.7 Å². The minimum absolute atomic E-state index is 0.0763. The first-order chi connectivity index (χ1) is 13.3. The molecule has 0 bridgehead atoms. The summed E-state index contributed by atoms with van der Waals surface area (Å²) in [6, 6.07) is 9.05. The Kier molecular flexibility index (Phi) is 5.69. The number of benzene rings is 2. The van der Waals surface area contributed by atoms with E-state index in [1.807, 2.05) is 0 Å². The second-order valence-electron chi connectivity index (χ2n) is 6.58. The zero-order valence-corrected chi connectivity index (χ0v) is 16.5. The smallest absolute Gasteiger partial charge is 0.342 e. The van der Waals surface area contributed by atoms with Crippen molar-refractivity contribution < 1.29 is 29.3 Å². The fourth-order valence-corrected chi connectivity index (χ4v) is 3.72. The highest BCUT2D eigenvalue weighted by atomic mass is 79.9. The van der Waals surface area contributed by atoms with Gasteiger partial charge in [0.1, 0.15) is 23.5 Å². The van der Waals surface area contributed by atoms with Crippen LogP contribution in [0.1, 0.15) is 38.8 Å². The second kappa shape index (κ2) is 8.02. The maximum absolute atomic E-state index is 12.7. The number of aliphatic carboxylic acids is 1. The molecule has 2 atom stereocenters. The predicted octanol–water partition coefficient (Wildman–Crippen LogP) is 2.68. The van der Waals surface area contributed by atoms with E-state index in [0.717, 1.165) is 5.56 Å². The van der Waals surface area contributed by atoms with Gasteiger partial charge in [-0.15, -0.1) is 0 Å². The molecule has 0 fully saturated rings. The predicted molar refractivity (Wildman–Crippen MR) is 103 cm³/mol. The van der Waals surface area contributed by atoms with Gasteiger partial charge < -0.3 is 20.3 Å². The maximum atomic E-state index is 12.7. The summed E-state index contributed by atoms with van der Waals surface area (Å²) in [7, 11) is 0. The van der Waals surface area contributed by atoms with Gasteiger partial charge in [-0.1, -0.05) is 46.3 Å². The third-order valence-corrected chi connectivity index (χ3v) is 5.20. The molecule has 0 saturated carbocycles. The Morgan fingerprint density at radius 3 is 2.64 bits per heavy atom. The number of carbonyl (C=O) groups excluding carboxylic acids is 2. The molecule has 1 heterocycles.